The van der Waals surface area contributed by atoms with Gasteiger partial charge < -0.3 is 9.73 Å². The second-order valence-electron chi connectivity index (χ2n) is 2.46. The van der Waals surface area contributed by atoms with E-state index >= 15 is 0 Å². The van der Waals surface area contributed by atoms with Crippen LogP contribution in [-0.4, -0.2) is 17.9 Å². The van der Waals surface area contributed by atoms with Crippen LogP contribution in [0.4, 0.5) is 0 Å². The van der Waals surface area contributed by atoms with E-state index in [2.05, 4.69) is 10.3 Å². The predicted molar refractivity (Wildman–Crippen MR) is 43.9 cm³/mol. The van der Waals surface area contributed by atoms with Crippen LogP contribution in [0.25, 0.3) is 0 Å². The van der Waals surface area contributed by atoms with Crippen molar-refractivity contribution in [1.29, 1.82) is 0 Å². The molecule has 1 amide bonds. The molecule has 4 nitrogen and oxygen atoms in total. The summed E-state index contributed by atoms with van der Waals surface area (Å²) in [5, 5.41) is 2.48. The number of amides is 1. The molecule has 1 rings (SSSR count). The summed E-state index contributed by atoms with van der Waals surface area (Å²) >= 11 is 0. The Kier molecular flexibility index (Phi) is 2.85. The molecule has 1 aromatic rings. The van der Waals surface area contributed by atoms with Crippen LogP contribution in [0.15, 0.2) is 10.7 Å². The third kappa shape index (κ3) is 1.84. The number of aryl methyl sites for hydroxylation is 1. The number of nitrogens with zero attached hydrogens (tertiary/aromatic N) is 1. The number of nitrogens with one attached hydrogen (secondary N) is 1. The summed E-state index contributed by atoms with van der Waals surface area (Å²) in [5.41, 5.74) is 0.348. The van der Waals surface area contributed by atoms with Crippen molar-refractivity contribution in [3.63, 3.8) is 0 Å². The van der Waals surface area contributed by atoms with Crippen molar-refractivity contribution in [1.82, 2.24) is 10.3 Å². The van der Waals surface area contributed by atoms with E-state index in [-0.39, 0.29) is 5.91 Å². The van der Waals surface area contributed by atoms with Gasteiger partial charge in [0.1, 0.15) is 6.26 Å². The Labute approximate surface area is 71.0 Å². The molecule has 0 unspecified atom stereocenters. The Morgan fingerprint density at radius 1 is 1.75 bits per heavy atom. The van der Waals surface area contributed by atoms with Crippen LogP contribution >= 0.6 is 0 Å². The molecule has 4 heteroatoms. The zero-order valence-electron chi connectivity index (χ0n) is 7.26. The quantitative estimate of drug-likeness (QED) is 0.732. The van der Waals surface area contributed by atoms with Crippen molar-refractivity contribution in [2.24, 2.45) is 0 Å². The Balaban J connectivity index is 2.70. The number of aromatic nitrogens is 1. The number of carbonyl (C=O) groups is 1. The summed E-state index contributed by atoms with van der Waals surface area (Å²) in [7, 11) is 1.57. The summed E-state index contributed by atoms with van der Waals surface area (Å²) in [4.78, 5) is 15.0. The van der Waals surface area contributed by atoms with E-state index in [1.165, 1.54) is 6.26 Å². The topological polar surface area (TPSA) is 55.1 Å². The monoisotopic (exact) mass is 168 g/mol. The molecule has 1 aromatic heterocycles. The minimum Gasteiger partial charge on any atom is -0.448 e. The molecule has 0 saturated carbocycles. The molecule has 0 radical (unpaired) electrons. The molecule has 0 aliphatic rings. The highest BCUT2D eigenvalue weighted by molar-refractivity contribution is 5.91. The molecule has 0 saturated heterocycles. The summed E-state index contributed by atoms with van der Waals surface area (Å²) in [6.07, 6.45) is 3.12. The lowest BCUT2D eigenvalue weighted by molar-refractivity contribution is 0.0958. The molecular formula is C8H12N2O2. The van der Waals surface area contributed by atoms with Gasteiger partial charge in [0.25, 0.3) is 5.91 Å². The van der Waals surface area contributed by atoms with Crippen LogP contribution in [0.2, 0.25) is 0 Å². The smallest absolute Gasteiger partial charge is 0.272 e. The number of oxazole rings is 1. The first-order valence-electron chi connectivity index (χ1n) is 3.94. The van der Waals surface area contributed by atoms with Crippen molar-refractivity contribution >= 4 is 5.91 Å². The molecule has 0 atom stereocenters. The Hall–Kier alpha value is -1.32. The molecule has 0 bridgehead atoms. The Morgan fingerprint density at radius 2 is 2.50 bits per heavy atom. The van der Waals surface area contributed by atoms with Gasteiger partial charge >= 0.3 is 0 Å². The van der Waals surface area contributed by atoms with Crippen LogP contribution < -0.4 is 5.32 Å². The highest BCUT2D eigenvalue weighted by Crippen LogP contribution is 2.03. The maximum Gasteiger partial charge on any atom is 0.272 e. The normalized spacial score (nSPS) is 9.83. The fraction of sp³-hybridized carbons (Fsp3) is 0.500. The molecule has 0 aliphatic carbocycles. The van der Waals surface area contributed by atoms with E-state index < -0.39 is 0 Å². The standard InChI is InChI=1S/C8H12N2O2/c1-3-4-7-10-6(5-12-7)8(11)9-2/h5H,3-4H2,1-2H3,(H,9,11). The third-order valence-electron chi connectivity index (χ3n) is 1.48. The lowest BCUT2D eigenvalue weighted by atomic mass is 10.3. The van der Waals surface area contributed by atoms with Crippen molar-refractivity contribution in [2.75, 3.05) is 7.05 Å². The van der Waals surface area contributed by atoms with Crippen molar-refractivity contribution in [3.05, 3.63) is 17.8 Å². The maximum absolute atomic E-state index is 11.0. The van der Waals surface area contributed by atoms with Crippen LogP contribution in [0.5, 0.6) is 0 Å². The van der Waals surface area contributed by atoms with E-state index in [1.54, 1.807) is 7.05 Å². The lowest BCUT2D eigenvalue weighted by Gasteiger charge is -1.90. The van der Waals surface area contributed by atoms with Gasteiger partial charge in [-0.05, 0) is 6.42 Å². The maximum atomic E-state index is 11.0. The van der Waals surface area contributed by atoms with E-state index in [0.29, 0.717) is 11.6 Å². The minimum atomic E-state index is -0.207. The molecule has 0 fully saturated rings. The zero-order valence-corrected chi connectivity index (χ0v) is 7.26. The zero-order chi connectivity index (χ0) is 8.97. The number of hydrogen-bond acceptors (Lipinski definition) is 3. The van der Waals surface area contributed by atoms with Gasteiger partial charge in [0.2, 0.25) is 0 Å². The molecule has 1 heterocycles. The molecule has 0 aromatic carbocycles. The van der Waals surface area contributed by atoms with E-state index in [9.17, 15) is 4.79 Å². The summed E-state index contributed by atoms with van der Waals surface area (Å²) in [6, 6.07) is 0. The first-order valence-corrected chi connectivity index (χ1v) is 3.94. The van der Waals surface area contributed by atoms with Gasteiger partial charge in [-0.1, -0.05) is 6.92 Å². The molecule has 12 heavy (non-hydrogen) atoms. The van der Waals surface area contributed by atoms with E-state index in [0.717, 1.165) is 12.8 Å². The predicted octanol–water partition coefficient (Wildman–Crippen LogP) is 0.987. The molecular weight excluding hydrogens is 156 g/mol. The largest absolute Gasteiger partial charge is 0.448 e. The third-order valence-corrected chi connectivity index (χ3v) is 1.48. The lowest BCUT2D eigenvalue weighted by Crippen LogP contribution is -2.18. The van der Waals surface area contributed by atoms with Crippen LogP contribution in [0, 0.1) is 0 Å². The molecule has 0 aliphatic heterocycles. The van der Waals surface area contributed by atoms with Gasteiger partial charge in [0.05, 0.1) is 0 Å². The second-order valence-corrected chi connectivity index (χ2v) is 2.46. The molecule has 1 N–H and O–H groups in total. The highest BCUT2D eigenvalue weighted by atomic mass is 16.3. The highest BCUT2D eigenvalue weighted by Gasteiger charge is 2.08. The Morgan fingerprint density at radius 3 is 3.08 bits per heavy atom. The van der Waals surface area contributed by atoms with E-state index in [4.69, 9.17) is 4.42 Å². The van der Waals surface area contributed by atoms with Gasteiger partial charge in [-0.15, -0.1) is 0 Å². The summed E-state index contributed by atoms with van der Waals surface area (Å²) < 4.78 is 5.06. The average molecular weight is 168 g/mol. The van der Waals surface area contributed by atoms with Gasteiger partial charge in [-0.2, -0.15) is 0 Å². The first-order chi connectivity index (χ1) is 5.77. The SMILES string of the molecule is CCCc1nc(C(=O)NC)co1. The van der Waals surface area contributed by atoms with E-state index in [1.807, 2.05) is 6.92 Å². The van der Waals surface area contributed by atoms with Crippen molar-refractivity contribution in [3.8, 4) is 0 Å². The average Bonchev–Trinajstić information content (AvgIpc) is 2.52. The van der Waals surface area contributed by atoms with Crippen LogP contribution in [-0.2, 0) is 6.42 Å². The second kappa shape index (κ2) is 3.90. The van der Waals surface area contributed by atoms with Crippen molar-refractivity contribution in [2.45, 2.75) is 19.8 Å². The van der Waals surface area contributed by atoms with Gasteiger partial charge in [-0.3, -0.25) is 4.79 Å². The van der Waals surface area contributed by atoms with Gasteiger partial charge in [0.15, 0.2) is 11.6 Å². The van der Waals surface area contributed by atoms with Crippen LogP contribution in [0.3, 0.4) is 0 Å². The van der Waals surface area contributed by atoms with Gasteiger partial charge in [-0.25, -0.2) is 4.98 Å². The fourth-order valence-corrected chi connectivity index (χ4v) is 0.872. The fourth-order valence-electron chi connectivity index (χ4n) is 0.872. The van der Waals surface area contributed by atoms with Crippen LogP contribution in [0.1, 0.15) is 29.7 Å². The number of carbonyl (C=O) groups excluding carboxylic acids is 1. The minimum absolute atomic E-state index is 0.207. The van der Waals surface area contributed by atoms with Gasteiger partial charge in [0, 0.05) is 13.5 Å². The Bertz CT molecular complexity index is 268. The number of rotatable bonds is 3. The molecule has 0 spiro atoms. The summed E-state index contributed by atoms with van der Waals surface area (Å²) in [6.45, 7) is 2.03. The summed E-state index contributed by atoms with van der Waals surface area (Å²) in [5.74, 6) is 0.414. The van der Waals surface area contributed by atoms with Crippen molar-refractivity contribution < 1.29 is 9.21 Å². The first kappa shape index (κ1) is 8.77. The number of hydrogen-bond donors (Lipinski definition) is 1. The molecule has 66 valence electrons.